The second kappa shape index (κ2) is 8.11. The van der Waals surface area contributed by atoms with Crippen molar-refractivity contribution in [3.63, 3.8) is 0 Å². The normalized spacial score (nSPS) is 12.0. The van der Waals surface area contributed by atoms with Crippen molar-refractivity contribution in [3.05, 3.63) is 59.3 Å². The maximum atomic E-state index is 13.7. The molecule has 1 atom stereocenters. The molecule has 3 aromatic rings. The van der Waals surface area contributed by atoms with Gasteiger partial charge in [-0.25, -0.2) is 14.1 Å². The fourth-order valence-corrected chi connectivity index (χ4v) is 2.48. The number of nitrogens with zero attached hydrogens (tertiary/aromatic N) is 4. The molecule has 0 saturated heterocycles. The van der Waals surface area contributed by atoms with Crippen LogP contribution in [0.4, 0.5) is 4.39 Å². The summed E-state index contributed by atoms with van der Waals surface area (Å²) < 4.78 is 20.6. The van der Waals surface area contributed by atoms with E-state index in [2.05, 4.69) is 15.3 Å². The molecule has 0 aliphatic rings. The summed E-state index contributed by atoms with van der Waals surface area (Å²) in [4.78, 5) is 14.5. The van der Waals surface area contributed by atoms with Crippen molar-refractivity contribution in [2.24, 2.45) is 5.73 Å². The smallest absolute Gasteiger partial charge is 0.304 e. The molecule has 3 N–H and O–H groups in total. The van der Waals surface area contributed by atoms with Gasteiger partial charge in [0, 0.05) is 18.7 Å². The first-order chi connectivity index (χ1) is 12.9. The lowest BCUT2D eigenvalue weighted by atomic mass is 10.1. The maximum absolute atomic E-state index is 13.7. The van der Waals surface area contributed by atoms with Crippen LogP contribution in [0.5, 0.6) is 11.6 Å². The van der Waals surface area contributed by atoms with E-state index in [-0.39, 0.29) is 17.3 Å². The first-order valence-electron chi connectivity index (χ1n) is 7.88. The Balaban J connectivity index is 1.67. The average Bonchev–Trinajstić information content (AvgIpc) is 3.05. The van der Waals surface area contributed by atoms with Gasteiger partial charge in [0.1, 0.15) is 5.75 Å². The number of benzene rings is 1. The third-order valence-electron chi connectivity index (χ3n) is 3.54. The van der Waals surface area contributed by atoms with Crippen molar-refractivity contribution in [1.82, 2.24) is 20.0 Å². The van der Waals surface area contributed by atoms with Gasteiger partial charge in [-0.05, 0) is 30.3 Å². The highest BCUT2D eigenvalue weighted by Crippen LogP contribution is 2.24. The summed E-state index contributed by atoms with van der Waals surface area (Å²) in [5.41, 5.74) is 7.02. The molecule has 2 heterocycles. The number of halogens is 2. The van der Waals surface area contributed by atoms with Crippen LogP contribution in [0, 0.1) is 5.82 Å². The van der Waals surface area contributed by atoms with Gasteiger partial charge in [-0.3, -0.25) is 4.79 Å². The minimum absolute atomic E-state index is 0.145. The third kappa shape index (κ3) is 4.99. The monoisotopic (exact) mass is 391 g/mol. The first kappa shape index (κ1) is 18.7. The Bertz CT molecular complexity index is 948. The number of carbonyl (C=O) groups is 1. The molecule has 0 radical (unpaired) electrons. The van der Waals surface area contributed by atoms with Gasteiger partial charge in [-0.1, -0.05) is 16.8 Å². The number of aromatic nitrogens is 4. The topological polar surface area (TPSA) is 116 Å². The number of hydrogen-bond acceptors (Lipinski definition) is 6. The molecule has 0 aliphatic carbocycles. The molecule has 3 rings (SSSR count). The summed E-state index contributed by atoms with van der Waals surface area (Å²) in [5, 5.41) is 16.9. The minimum Gasteiger partial charge on any atom is -0.481 e. The predicted octanol–water partition coefficient (Wildman–Crippen LogP) is 2.59. The van der Waals surface area contributed by atoms with E-state index >= 15 is 0 Å². The molecule has 0 spiro atoms. The molecule has 0 fully saturated rings. The Labute approximate surface area is 158 Å². The zero-order chi connectivity index (χ0) is 19.4. The van der Waals surface area contributed by atoms with Crippen LogP contribution in [-0.4, -0.2) is 37.1 Å². The van der Waals surface area contributed by atoms with Crippen molar-refractivity contribution in [2.75, 3.05) is 0 Å². The number of carboxylic acid groups (broad SMARTS) is 1. The lowest BCUT2D eigenvalue weighted by Crippen LogP contribution is -2.26. The molecule has 140 valence electrons. The van der Waals surface area contributed by atoms with E-state index in [4.69, 9.17) is 27.2 Å². The average molecular weight is 392 g/mol. The molecule has 0 amide bonds. The molecule has 0 aliphatic heterocycles. The van der Waals surface area contributed by atoms with Gasteiger partial charge in [-0.2, -0.15) is 0 Å². The zero-order valence-electron chi connectivity index (χ0n) is 13.9. The van der Waals surface area contributed by atoms with Gasteiger partial charge in [-0.15, -0.1) is 5.10 Å². The van der Waals surface area contributed by atoms with Crippen molar-refractivity contribution >= 4 is 17.6 Å². The van der Waals surface area contributed by atoms with Crippen LogP contribution in [0.3, 0.4) is 0 Å². The van der Waals surface area contributed by atoms with Crippen LogP contribution in [0.15, 0.2) is 42.7 Å². The van der Waals surface area contributed by atoms with Gasteiger partial charge in [0.05, 0.1) is 29.0 Å². The summed E-state index contributed by atoms with van der Waals surface area (Å²) in [6.45, 7) is 0. The summed E-state index contributed by atoms with van der Waals surface area (Å²) in [6.07, 6.45) is 3.11. The first-order valence-corrected chi connectivity index (χ1v) is 8.26. The van der Waals surface area contributed by atoms with Crippen LogP contribution in [0.25, 0.3) is 5.69 Å². The minimum atomic E-state index is -0.961. The van der Waals surface area contributed by atoms with Crippen molar-refractivity contribution in [1.29, 1.82) is 0 Å². The summed E-state index contributed by atoms with van der Waals surface area (Å²) in [7, 11) is 0. The molecule has 2 aromatic heterocycles. The molecule has 8 nitrogen and oxygen atoms in total. The number of hydrogen-bond donors (Lipinski definition) is 2. The highest BCUT2D eigenvalue weighted by atomic mass is 35.5. The summed E-state index contributed by atoms with van der Waals surface area (Å²) in [6, 6.07) is 7.25. The fraction of sp³-hybridized carbons (Fsp3) is 0.176. The quantitative estimate of drug-likeness (QED) is 0.635. The SMILES string of the molecule is NC(CC(=O)O)Cc1cn(-c2ccc(Oc3ncc(Cl)cc3F)cc2)nn1. The van der Waals surface area contributed by atoms with Crippen molar-refractivity contribution in [3.8, 4) is 17.3 Å². The highest BCUT2D eigenvalue weighted by molar-refractivity contribution is 6.30. The number of nitrogens with two attached hydrogens (primary N) is 1. The van der Waals surface area contributed by atoms with Crippen LogP contribution in [0.1, 0.15) is 12.1 Å². The number of aliphatic carboxylic acids is 1. The van der Waals surface area contributed by atoms with Crippen molar-refractivity contribution < 1.29 is 19.0 Å². The number of carboxylic acids is 1. The molecule has 1 unspecified atom stereocenters. The van der Waals surface area contributed by atoms with E-state index in [0.29, 0.717) is 23.6 Å². The maximum Gasteiger partial charge on any atom is 0.304 e. The molecule has 0 bridgehead atoms. The van der Waals surface area contributed by atoms with E-state index in [1.165, 1.54) is 10.9 Å². The lowest BCUT2D eigenvalue weighted by Gasteiger charge is -2.07. The third-order valence-corrected chi connectivity index (χ3v) is 3.75. The predicted molar refractivity (Wildman–Crippen MR) is 94.6 cm³/mol. The molecule has 27 heavy (non-hydrogen) atoms. The van der Waals surface area contributed by atoms with Gasteiger partial charge in [0.15, 0.2) is 5.82 Å². The lowest BCUT2D eigenvalue weighted by molar-refractivity contribution is -0.137. The van der Waals surface area contributed by atoms with Crippen LogP contribution >= 0.6 is 11.6 Å². The second-order valence-corrected chi connectivity index (χ2v) is 6.19. The highest BCUT2D eigenvalue weighted by Gasteiger charge is 2.12. The van der Waals surface area contributed by atoms with Crippen LogP contribution in [-0.2, 0) is 11.2 Å². The molecular weight excluding hydrogens is 377 g/mol. The van der Waals surface area contributed by atoms with Gasteiger partial charge in [0.25, 0.3) is 5.88 Å². The van der Waals surface area contributed by atoms with Gasteiger partial charge >= 0.3 is 5.97 Å². The molecule has 1 aromatic carbocycles. The summed E-state index contributed by atoms with van der Waals surface area (Å²) in [5.74, 6) is -1.42. The number of pyridine rings is 1. The van der Waals surface area contributed by atoms with E-state index in [1.54, 1.807) is 30.5 Å². The van der Waals surface area contributed by atoms with Crippen LogP contribution < -0.4 is 10.5 Å². The fourth-order valence-electron chi connectivity index (χ4n) is 2.34. The van der Waals surface area contributed by atoms with Gasteiger partial charge < -0.3 is 15.6 Å². The molecule has 0 saturated carbocycles. The Morgan fingerprint density at radius 1 is 1.37 bits per heavy atom. The molecular formula is C17H15ClFN5O3. The Morgan fingerprint density at radius 2 is 2.11 bits per heavy atom. The number of ether oxygens (including phenoxy) is 1. The summed E-state index contributed by atoms with van der Waals surface area (Å²) >= 11 is 5.66. The molecule has 10 heteroatoms. The number of rotatable bonds is 7. The Morgan fingerprint density at radius 3 is 2.78 bits per heavy atom. The standard InChI is InChI=1S/C17H15ClFN5O3/c18-10-5-15(19)17(21-8-10)27-14-3-1-13(2-4-14)24-9-12(22-23-24)6-11(20)7-16(25)26/h1-5,8-9,11H,6-7,20H2,(H,25,26). The second-order valence-electron chi connectivity index (χ2n) is 5.75. The Kier molecular flexibility index (Phi) is 5.63. The van der Waals surface area contributed by atoms with E-state index < -0.39 is 17.8 Å². The Hall–Kier alpha value is -3.04. The van der Waals surface area contributed by atoms with E-state index in [1.807, 2.05) is 0 Å². The largest absolute Gasteiger partial charge is 0.481 e. The van der Waals surface area contributed by atoms with Crippen LogP contribution in [0.2, 0.25) is 5.02 Å². The van der Waals surface area contributed by atoms with E-state index in [9.17, 15) is 9.18 Å². The van der Waals surface area contributed by atoms with E-state index in [0.717, 1.165) is 6.07 Å². The van der Waals surface area contributed by atoms with Gasteiger partial charge in [0.2, 0.25) is 0 Å². The van der Waals surface area contributed by atoms with Crippen molar-refractivity contribution in [2.45, 2.75) is 18.9 Å². The zero-order valence-corrected chi connectivity index (χ0v) is 14.7.